The Hall–Kier alpha value is -2.31. The van der Waals surface area contributed by atoms with Crippen LogP contribution in [0.4, 0.5) is 0 Å². The van der Waals surface area contributed by atoms with Gasteiger partial charge in [0.05, 0.1) is 17.5 Å². The van der Waals surface area contributed by atoms with Crippen LogP contribution in [0.5, 0.6) is 0 Å². The first-order valence-electron chi connectivity index (χ1n) is 7.65. The Kier molecular flexibility index (Phi) is 6.09. The van der Waals surface area contributed by atoms with Crippen LogP contribution >= 0.6 is 27.3 Å². The van der Waals surface area contributed by atoms with E-state index in [1.165, 1.54) is 17.6 Å². The van der Waals surface area contributed by atoms with Crippen molar-refractivity contribution in [2.45, 2.75) is 13.0 Å². The molecular weight excluding hydrogens is 400 g/mol. The van der Waals surface area contributed by atoms with Gasteiger partial charge in [-0.3, -0.25) is 4.79 Å². The van der Waals surface area contributed by atoms with Gasteiger partial charge < -0.3 is 4.84 Å². The van der Waals surface area contributed by atoms with Gasteiger partial charge in [0.2, 0.25) is 0 Å². The average Bonchev–Trinajstić information content (AvgIpc) is 3.14. The highest BCUT2D eigenvalue weighted by Crippen LogP contribution is 2.25. The number of Topliss-reactive ketones (excluding diaryl/α,β-unsaturated/α-hetero) is 1. The summed E-state index contributed by atoms with van der Waals surface area (Å²) in [6.45, 7) is 0.352. The second-order valence-electron chi connectivity index (χ2n) is 5.18. The zero-order valence-electron chi connectivity index (χ0n) is 13.3. The van der Waals surface area contributed by atoms with Crippen molar-refractivity contribution in [3.63, 3.8) is 0 Å². The van der Waals surface area contributed by atoms with Crippen LogP contribution in [0.25, 0.3) is 10.6 Å². The minimum absolute atomic E-state index is 0.0204. The van der Waals surface area contributed by atoms with Crippen molar-refractivity contribution in [2.75, 3.05) is 0 Å². The van der Waals surface area contributed by atoms with Gasteiger partial charge in [0, 0.05) is 21.8 Å². The van der Waals surface area contributed by atoms with Crippen molar-refractivity contribution in [1.82, 2.24) is 4.98 Å². The number of hydrogen-bond acceptors (Lipinski definition) is 5. The van der Waals surface area contributed by atoms with Gasteiger partial charge in [-0.15, -0.1) is 11.3 Å². The monoisotopic (exact) mass is 414 g/mol. The van der Waals surface area contributed by atoms with E-state index in [9.17, 15) is 4.79 Å². The maximum atomic E-state index is 12.2. The van der Waals surface area contributed by atoms with Crippen LogP contribution in [-0.2, 0) is 11.4 Å². The third-order valence-corrected chi connectivity index (χ3v) is 5.27. The number of halogens is 1. The molecule has 25 heavy (non-hydrogen) atoms. The highest BCUT2D eigenvalue weighted by Gasteiger charge is 2.10. The maximum Gasteiger partial charge on any atom is 0.179 e. The van der Waals surface area contributed by atoms with Crippen LogP contribution in [0, 0.1) is 0 Å². The van der Waals surface area contributed by atoms with Gasteiger partial charge in [-0.05, 0) is 6.07 Å². The van der Waals surface area contributed by atoms with E-state index < -0.39 is 0 Å². The van der Waals surface area contributed by atoms with Crippen molar-refractivity contribution in [1.29, 1.82) is 0 Å². The molecule has 0 bridgehead atoms. The Morgan fingerprint density at radius 2 is 1.92 bits per heavy atom. The number of oxime groups is 1. The fourth-order valence-corrected chi connectivity index (χ4v) is 3.38. The van der Waals surface area contributed by atoms with E-state index in [2.05, 4.69) is 26.1 Å². The zero-order valence-corrected chi connectivity index (χ0v) is 15.7. The maximum absolute atomic E-state index is 12.2. The molecule has 0 aliphatic heterocycles. The minimum Gasteiger partial charge on any atom is -0.391 e. The van der Waals surface area contributed by atoms with Crippen molar-refractivity contribution in [3.8, 4) is 10.6 Å². The molecule has 3 rings (SSSR count). The summed E-state index contributed by atoms with van der Waals surface area (Å²) >= 11 is 4.84. The number of benzene rings is 2. The first kappa shape index (κ1) is 17.5. The molecule has 0 unspecified atom stereocenters. The molecular formula is C19H15BrN2O2S. The summed E-state index contributed by atoms with van der Waals surface area (Å²) < 4.78 is 0.972. The smallest absolute Gasteiger partial charge is 0.179 e. The van der Waals surface area contributed by atoms with Crippen molar-refractivity contribution < 1.29 is 9.63 Å². The highest BCUT2D eigenvalue weighted by molar-refractivity contribution is 9.10. The summed E-state index contributed by atoms with van der Waals surface area (Å²) in [6.07, 6.45) is 3.29. The van der Waals surface area contributed by atoms with E-state index in [1.807, 2.05) is 54.6 Å². The van der Waals surface area contributed by atoms with Gasteiger partial charge in [0.25, 0.3) is 0 Å². The predicted molar refractivity (Wildman–Crippen MR) is 104 cm³/mol. The summed E-state index contributed by atoms with van der Waals surface area (Å²) in [7, 11) is 0. The predicted octanol–water partition coefficient (Wildman–Crippen LogP) is 5.35. The first-order valence-corrected chi connectivity index (χ1v) is 9.26. The van der Waals surface area contributed by atoms with Gasteiger partial charge in [-0.1, -0.05) is 69.6 Å². The molecule has 0 radical (unpaired) electrons. The van der Waals surface area contributed by atoms with Gasteiger partial charge in [0.15, 0.2) is 5.78 Å². The van der Waals surface area contributed by atoms with Crippen molar-refractivity contribution >= 4 is 39.3 Å². The van der Waals surface area contributed by atoms with Crippen molar-refractivity contribution in [3.05, 3.63) is 75.7 Å². The van der Waals surface area contributed by atoms with Crippen LogP contribution in [0.15, 0.2) is 70.4 Å². The normalized spacial score (nSPS) is 10.9. The van der Waals surface area contributed by atoms with E-state index in [-0.39, 0.29) is 12.2 Å². The molecule has 0 amide bonds. The van der Waals surface area contributed by atoms with E-state index in [4.69, 9.17) is 4.84 Å². The topological polar surface area (TPSA) is 51.5 Å². The molecule has 3 aromatic rings. The van der Waals surface area contributed by atoms with Crippen LogP contribution in [0.2, 0.25) is 0 Å². The number of rotatable bonds is 7. The Balaban J connectivity index is 1.51. The van der Waals surface area contributed by atoms with Crippen molar-refractivity contribution in [2.24, 2.45) is 5.16 Å². The second kappa shape index (κ2) is 8.69. The molecule has 0 fully saturated rings. The van der Waals surface area contributed by atoms with Gasteiger partial charge in [-0.2, -0.15) is 0 Å². The van der Waals surface area contributed by atoms with Crippen LogP contribution in [0.1, 0.15) is 21.7 Å². The number of carbonyl (C=O) groups excluding carboxylic acids is 1. The Bertz CT molecular complexity index is 878. The molecule has 0 N–H and O–H groups in total. The van der Waals surface area contributed by atoms with E-state index in [1.54, 1.807) is 6.20 Å². The number of carbonyl (C=O) groups is 1. The summed E-state index contributed by atoms with van der Waals surface area (Å²) in [5, 5.41) is 4.69. The Labute approximate surface area is 158 Å². The molecule has 0 spiro atoms. The Morgan fingerprint density at radius 3 is 2.72 bits per heavy atom. The van der Waals surface area contributed by atoms with Crippen LogP contribution in [-0.4, -0.2) is 17.0 Å². The third-order valence-electron chi connectivity index (χ3n) is 3.40. The van der Waals surface area contributed by atoms with E-state index in [0.29, 0.717) is 11.5 Å². The second-order valence-corrected chi connectivity index (χ2v) is 7.06. The van der Waals surface area contributed by atoms with Crippen LogP contribution < -0.4 is 0 Å². The molecule has 1 heterocycles. The lowest BCUT2D eigenvalue weighted by atomic mass is 10.2. The van der Waals surface area contributed by atoms with Crippen LogP contribution in [0.3, 0.4) is 0 Å². The number of aromatic nitrogens is 1. The lowest BCUT2D eigenvalue weighted by molar-refractivity contribution is 0.0999. The number of thiazole rings is 1. The molecule has 2 aromatic carbocycles. The standard InChI is InChI=1S/C19H15BrN2O2S/c20-16-9-5-4-8-15(16)13-24-22-11-10-17(23)18-12-21-19(25-18)14-6-2-1-3-7-14/h1-9,11-12H,10,13H2/b22-11+. The summed E-state index contributed by atoms with van der Waals surface area (Å²) in [5.74, 6) is -0.0204. The SMILES string of the molecule is O=C(C/C=N/OCc1ccccc1Br)c1cnc(-c2ccccc2)s1. The number of ketones is 1. The van der Waals surface area contributed by atoms with E-state index >= 15 is 0 Å². The molecule has 126 valence electrons. The molecule has 0 aliphatic rings. The quantitative estimate of drug-likeness (QED) is 0.297. The largest absolute Gasteiger partial charge is 0.391 e. The number of nitrogens with zero attached hydrogens (tertiary/aromatic N) is 2. The molecule has 0 aliphatic carbocycles. The summed E-state index contributed by atoms with van der Waals surface area (Å²) in [5.41, 5.74) is 2.01. The van der Waals surface area contributed by atoms with Gasteiger partial charge >= 0.3 is 0 Å². The average molecular weight is 415 g/mol. The third kappa shape index (κ3) is 4.84. The highest BCUT2D eigenvalue weighted by atomic mass is 79.9. The molecule has 4 nitrogen and oxygen atoms in total. The zero-order chi connectivity index (χ0) is 17.5. The molecule has 0 atom stereocenters. The summed E-state index contributed by atoms with van der Waals surface area (Å²) in [4.78, 5) is 22.4. The number of hydrogen-bond donors (Lipinski definition) is 0. The minimum atomic E-state index is -0.0204. The van der Waals surface area contributed by atoms with Gasteiger partial charge in [0.1, 0.15) is 11.6 Å². The lowest BCUT2D eigenvalue weighted by Gasteiger charge is -2.01. The fraction of sp³-hybridized carbons (Fsp3) is 0.105. The Morgan fingerprint density at radius 1 is 1.16 bits per heavy atom. The van der Waals surface area contributed by atoms with E-state index in [0.717, 1.165) is 20.6 Å². The molecule has 1 aromatic heterocycles. The molecule has 6 heteroatoms. The first-order chi connectivity index (χ1) is 12.2. The van der Waals surface area contributed by atoms with Gasteiger partial charge in [-0.25, -0.2) is 4.98 Å². The summed E-state index contributed by atoms with van der Waals surface area (Å²) in [6, 6.07) is 17.6. The molecule has 0 saturated heterocycles. The lowest BCUT2D eigenvalue weighted by Crippen LogP contribution is -1.97. The molecule has 0 saturated carbocycles. The fourth-order valence-electron chi connectivity index (χ4n) is 2.11.